The lowest BCUT2D eigenvalue weighted by atomic mass is 9.98. The molecule has 180 valence electrons. The van der Waals surface area contributed by atoms with Crippen LogP contribution in [-0.4, -0.2) is 73.4 Å². The van der Waals surface area contributed by atoms with Crippen LogP contribution in [0.5, 0.6) is 0 Å². The van der Waals surface area contributed by atoms with E-state index >= 15 is 0 Å². The molecule has 3 amide bonds. The Morgan fingerprint density at radius 3 is 2.57 bits per heavy atom. The Bertz CT molecular complexity index is 1320. The van der Waals surface area contributed by atoms with Crippen LogP contribution in [0.4, 0.5) is 10.5 Å². The van der Waals surface area contributed by atoms with Crippen molar-refractivity contribution in [3.05, 3.63) is 42.9 Å². The molecule has 0 bridgehead atoms. The van der Waals surface area contributed by atoms with Gasteiger partial charge < -0.3 is 15.3 Å². The number of likely N-dealkylation sites (tertiary alicyclic amines) is 1. The number of piperidine rings is 1. The third-order valence-electron chi connectivity index (χ3n) is 6.33. The summed E-state index contributed by atoms with van der Waals surface area (Å²) < 4.78 is 0. The summed E-state index contributed by atoms with van der Waals surface area (Å²) in [6.07, 6.45) is 7.19. The molecule has 2 N–H and O–H groups in total. The Morgan fingerprint density at radius 2 is 1.91 bits per heavy atom. The molecule has 5 heterocycles. The van der Waals surface area contributed by atoms with Crippen LogP contribution < -0.4 is 10.2 Å². The van der Waals surface area contributed by atoms with Gasteiger partial charge in [-0.05, 0) is 38.2 Å². The number of amides is 3. The molecule has 0 radical (unpaired) electrons. The number of nitrogens with zero attached hydrogens (tertiary/aromatic N) is 6. The molecule has 0 spiro atoms. The number of anilines is 1. The molecule has 2 aliphatic heterocycles. The Labute approximate surface area is 206 Å². The van der Waals surface area contributed by atoms with E-state index in [0.717, 1.165) is 5.56 Å². The predicted octanol–water partition coefficient (Wildman–Crippen LogP) is 2.68. The van der Waals surface area contributed by atoms with E-state index < -0.39 is 6.10 Å². The number of aliphatic hydroxyl groups excluding tert-OH is 1. The summed E-state index contributed by atoms with van der Waals surface area (Å²) in [5.74, 6) is -0.295. The Kier molecular flexibility index (Phi) is 6.12. The zero-order valence-corrected chi connectivity index (χ0v) is 20.2. The van der Waals surface area contributed by atoms with E-state index in [9.17, 15) is 14.7 Å². The molecule has 1 atom stereocenters. The average Bonchev–Trinajstić information content (AvgIpc) is 2.88. The Hall–Kier alpha value is -3.57. The van der Waals surface area contributed by atoms with Gasteiger partial charge in [-0.25, -0.2) is 19.7 Å². The molecule has 3 aromatic rings. The van der Waals surface area contributed by atoms with Crippen molar-refractivity contribution in [2.75, 3.05) is 24.2 Å². The number of carbonyl (C=O) groups is 2. The van der Waals surface area contributed by atoms with Crippen LogP contribution in [0.25, 0.3) is 28.0 Å². The summed E-state index contributed by atoms with van der Waals surface area (Å²) in [5.41, 5.74) is 4.52. The zero-order valence-electron chi connectivity index (χ0n) is 19.4. The fraction of sp³-hybridized carbons (Fsp3) is 0.333. The van der Waals surface area contributed by atoms with E-state index in [-0.39, 0.29) is 18.0 Å². The second-order valence-corrected chi connectivity index (χ2v) is 9.33. The normalized spacial score (nSPS) is 17.3. The highest BCUT2D eigenvalue weighted by Crippen LogP contribution is 2.38. The van der Waals surface area contributed by atoms with Gasteiger partial charge in [0.05, 0.1) is 16.9 Å². The fourth-order valence-corrected chi connectivity index (χ4v) is 4.86. The number of pyridine rings is 2. The quantitative estimate of drug-likeness (QED) is 0.422. The van der Waals surface area contributed by atoms with Crippen molar-refractivity contribution in [1.29, 1.82) is 0 Å². The summed E-state index contributed by atoms with van der Waals surface area (Å²) in [6, 6.07) is 3.30. The molecule has 35 heavy (non-hydrogen) atoms. The van der Waals surface area contributed by atoms with Crippen molar-refractivity contribution >= 4 is 46.1 Å². The largest absolute Gasteiger partial charge is 0.384 e. The van der Waals surface area contributed by atoms with Crippen molar-refractivity contribution in [3.8, 4) is 11.3 Å². The Balaban J connectivity index is 1.56. The van der Waals surface area contributed by atoms with Gasteiger partial charge in [-0.3, -0.25) is 14.7 Å². The summed E-state index contributed by atoms with van der Waals surface area (Å²) in [7, 11) is 0. The fourth-order valence-electron chi connectivity index (χ4n) is 4.55. The summed E-state index contributed by atoms with van der Waals surface area (Å²) in [6.45, 7) is 6.39. The number of nitrogens with one attached hydrogen (secondary N) is 1. The van der Waals surface area contributed by atoms with Gasteiger partial charge >= 0.3 is 6.03 Å². The molecule has 0 unspecified atom stereocenters. The Morgan fingerprint density at radius 1 is 1.20 bits per heavy atom. The van der Waals surface area contributed by atoms with E-state index in [4.69, 9.17) is 4.98 Å². The first-order valence-corrected chi connectivity index (χ1v) is 12.5. The number of aliphatic hydroxyl groups is 1. The van der Waals surface area contributed by atoms with E-state index in [1.165, 1.54) is 18.7 Å². The molecule has 10 nitrogen and oxygen atoms in total. The molecule has 0 aromatic carbocycles. The van der Waals surface area contributed by atoms with Crippen LogP contribution >= 0.6 is 11.8 Å². The molecular weight excluding hydrogens is 466 g/mol. The lowest BCUT2D eigenvalue weighted by molar-refractivity contribution is -0.140. The van der Waals surface area contributed by atoms with Crippen molar-refractivity contribution in [2.45, 2.75) is 37.1 Å². The van der Waals surface area contributed by atoms with E-state index in [0.29, 0.717) is 64.8 Å². The van der Waals surface area contributed by atoms with Gasteiger partial charge in [0.25, 0.3) is 5.91 Å². The third kappa shape index (κ3) is 4.21. The number of hydrogen-bond acceptors (Lipinski definition) is 8. The summed E-state index contributed by atoms with van der Waals surface area (Å²) in [5, 5.41) is 13.2. The molecule has 1 fully saturated rings. The number of hydrogen-bond donors (Lipinski definition) is 2. The van der Waals surface area contributed by atoms with E-state index in [1.54, 1.807) is 28.4 Å². The number of urea groups is 1. The topological polar surface area (TPSA) is 124 Å². The van der Waals surface area contributed by atoms with E-state index in [1.807, 2.05) is 18.4 Å². The van der Waals surface area contributed by atoms with Crippen molar-refractivity contribution < 1.29 is 14.7 Å². The van der Waals surface area contributed by atoms with Crippen LogP contribution in [0.15, 0.2) is 42.5 Å². The SMILES string of the molecule is C=C1NC(=O)N(C2CCN(C(=O)[C@H](C)O)CC2)c2c1cnc1ccc(-c3cnc(SC)nc3)nc21. The average molecular weight is 492 g/mol. The highest BCUT2D eigenvalue weighted by molar-refractivity contribution is 7.98. The van der Waals surface area contributed by atoms with Crippen LogP contribution in [-0.2, 0) is 4.79 Å². The first kappa shape index (κ1) is 23.2. The zero-order chi connectivity index (χ0) is 24.7. The maximum absolute atomic E-state index is 13.2. The van der Waals surface area contributed by atoms with Crippen LogP contribution in [0.2, 0.25) is 0 Å². The maximum atomic E-state index is 13.2. The lowest BCUT2D eigenvalue weighted by Crippen LogP contribution is -2.54. The molecule has 0 aliphatic carbocycles. The van der Waals surface area contributed by atoms with Gasteiger partial charge in [0, 0.05) is 54.5 Å². The van der Waals surface area contributed by atoms with Crippen LogP contribution in [0.1, 0.15) is 25.3 Å². The van der Waals surface area contributed by atoms with Gasteiger partial charge in [0.15, 0.2) is 5.16 Å². The monoisotopic (exact) mass is 491 g/mol. The van der Waals surface area contributed by atoms with Crippen molar-refractivity contribution in [3.63, 3.8) is 0 Å². The molecule has 3 aromatic heterocycles. The first-order valence-electron chi connectivity index (χ1n) is 11.3. The van der Waals surface area contributed by atoms with Crippen LogP contribution in [0, 0.1) is 0 Å². The van der Waals surface area contributed by atoms with Gasteiger partial charge in [-0.2, -0.15) is 0 Å². The molecular formula is C24H25N7O3S. The highest BCUT2D eigenvalue weighted by Gasteiger charge is 2.37. The molecule has 1 saturated heterocycles. The minimum absolute atomic E-state index is 0.153. The van der Waals surface area contributed by atoms with E-state index in [2.05, 4.69) is 26.8 Å². The summed E-state index contributed by atoms with van der Waals surface area (Å²) >= 11 is 1.46. The van der Waals surface area contributed by atoms with Gasteiger partial charge in [0.1, 0.15) is 11.6 Å². The standard InChI is InChI=1S/C24H25N7O3S/c1-13-17-12-25-19-5-4-18(15-10-26-23(35-3)27-11-15)29-20(19)21(17)31(24(34)28-13)16-6-8-30(9-7-16)22(33)14(2)32/h4-5,10-12,14,16,32H,1,6-9H2,2-3H3,(H,28,34)/t14-/m0/s1. The number of rotatable bonds is 4. The van der Waals surface area contributed by atoms with Gasteiger partial charge in [-0.1, -0.05) is 18.3 Å². The minimum atomic E-state index is -1.04. The molecule has 5 rings (SSSR count). The second kappa shape index (κ2) is 9.23. The molecule has 11 heteroatoms. The lowest BCUT2D eigenvalue weighted by Gasteiger charge is -2.41. The van der Waals surface area contributed by atoms with Crippen molar-refractivity contribution in [1.82, 2.24) is 30.2 Å². The van der Waals surface area contributed by atoms with Crippen LogP contribution in [0.3, 0.4) is 0 Å². The predicted molar refractivity (Wildman–Crippen MR) is 134 cm³/mol. The smallest absolute Gasteiger partial charge is 0.326 e. The maximum Gasteiger partial charge on any atom is 0.326 e. The highest BCUT2D eigenvalue weighted by atomic mass is 32.2. The number of fused-ring (bicyclic) bond motifs is 3. The number of aromatic nitrogens is 4. The minimum Gasteiger partial charge on any atom is -0.384 e. The summed E-state index contributed by atoms with van der Waals surface area (Å²) in [4.78, 5) is 46.9. The molecule has 0 saturated carbocycles. The number of thioether (sulfide) groups is 1. The van der Waals surface area contributed by atoms with Gasteiger partial charge in [-0.15, -0.1) is 0 Å². The second-order valence-electron chi connectivity index (χ2n) is 8.55. The number of carbonyl (C=O) groups excluding carboxylic acids is 2. The molecule has 2 aliphatic rings. The third-order valence-corrected chi connectivity index (χ3v) is 6.91. The van der Waals surface area contributed by atoms with Gasteiger partial charge in [0.2, 0.25) is 0 Å². The van der Waals surface area contributed by atoms with Crippen molar-refractivity contribution in [2.24, 2.45) is 0 Å². The first-order chi connectivity index (χ1) is 16.9.